The van der Waals surface area contributed by atoms with Crippen LogP contribution in [-0.4, -0.2) is 11.0 Å². The van der Waals surface area contributed by atoms with Gasteiger partial charge in [-0.1, -0.05) is 20.8 Å². The highest BCUT2D eigenvalue weighted by Crippen LogP contribution is 2.62. The maximum Gasteiger partial charge on any atom is 0.126 e. The van der Waals surface area contributed by atoms with Gasteiger partial charge in [-0.3, -0.25) is 0 Å². The molecule has 2 aliphatic rings. The van der Waals surface area contributed by atoms with Gasteiger partial charge in [-0.2, -0.15) is 5.26 Å². The molecule has 1 N–H and O–H groups in total. The zero-order valence-corrected chi connectivity index (χ0v) is 11.9. The van der Waals surface area contributed by atoms with E-state index in [0.29, 0.717) is 22.4 Å². The molecule has 3 heteroatoms. The Balaban J connectivity index is 1.84. The van der Waals surface area contributed by atoms with E-state index in [2.05, 4.69) is 37.1 Å². The second-order valence-electron chi connectivity index (χ2n) is 7.04. The fraction of sp³-hybridized carbons (Fsp3) is 0.625. The van der Waals surface area contributed by atoms with Crippen LogP contribution in [0.4, 0.5) is 5.82 Å². The van der Waals surface area contributed by atoms with E-state index in [-0.39, 0.29) is 0 Å². The average molecular weight is 255 g/mol. The minimum Gasteiger partial charge on any atom is -0.366 e. The minimum absolute atomic E-state index is 0.322. The second kappa shape index (κ2) is 3.96. The van der Waals surface area contributed by atoms with Crippen molar-refractivity contribution in [1.29, 1.82) is 5.26 Å². The van der Waals surface area contributed by atoms with Gasteiger partial charge in [0.2, 0.25) is 0 Å². The van der Waals surface area contributed by atoms with Crippen molar-refractivity contribution in [2.75, 3.05) is 5.32 Å². The topological polar surface area (TPSA) is 48.7 Å². The Morgan fingerprint density at radius 1 is 1.37 bits per heavy atom. The van der Waals surface area contributed by atoms with E-state index in [0.717, 1.165) is 11.7 Å². The second-order valence-corrected chi connectivity index (χ2v) is 7.04. The molecule has 2 bridgehead atoms. The van der Waals surface area contributed by atoms with E-state index in [1.807, 2.05) is 12.1 Å². The summed E-state index contributed by atoms with van der Waals surface area (Å²) < 4.78 is 0. The average Bonchev–Trinajstić information content (AvgIpc) is 2.87. The van der Waals surface area contributed by atoms with Crippen molar-refractivity contribution in [2.45, 2.75) is 46.1 Å². The fourth-order valence-electron chi connectivity index (χ4n) is 4.36. The molecule has 0 aromatic carbocycles. The molecule has 2 fully saturated rings. The Kier molecular flexibility index (Phi) is 2.60. The number of anilines is 1. The number of aromatic nitrogens is 1. The molecule has 1 aromatic heterocycles. The van der Waals surface area contributed by atoms with Gasteiger partial charge in [-0.15, -0.1) is 0 Å². The van der Waals surface area contributed by atoms with Crippen LogP contribution in [-0.2, 0) is 0 Å². The summed E-state index contributed by atoms with van der Waals surface area (Å²) >= 11 is 0. The lowest BCUT2D eigenvalue weighted by Gasteiger charge is -2.43. The summed E-state index contributed by atoms with van der Waals surface area (Å²) in [4.78, 5) is 4.36. The summed E-state index contributed by atoms with van der Waals surface area (Å²) in [6, 6.07) is 6.33. The van der Waals surface area contributed by atoms with E-state index in [1.54, 1.807) is 6.20 Å². The Morgan fingerprint density at radius 3 is 2.68 bits per heavy atom. The van der Waals surface area contributed by atoms with E-state index < -0.39 is 0 Å². The molecule has 3 atom stereocenters. The highest BCUT2D eigenvalue weighted by molar-refractivity contribution is 5.41. The molecular formula is C16H21N3. The lowest BCUT2D eigenvalue weighted by Crippen LogP contribution is -2.45. The van der Waals surface area contributed by atoms with Crippen LogP contribution in [0.25, 0.3) is 0 Å². The van der Waals surface area contributed by atoms with Gasteiger partial charge < -0.3 is 5.32 Å². The van der Waals surface area contributed by atoms with Crippen molar-refractivity contribution in [3.05, 3.63) is 23.9 Å². The molecule has 0 aliphatic heterocycles. The monoisotopic (exact) mass is 255 g/mol. The van der Waals surface area contributed by atoms with Crippen LogP contribution in [0, 0.1) is 28.1 Å². The molecule has 0 amide bonds. The van der Waals surface area contributed by atoms with Gasteiger partial charge in [0, 0.05) is 12.2 Å². The highest BCUT2D eigenvalue weighted by atomic mass is 15.1. The number of nitrogens with zero attached hydrogens (tertiary/aromatic N) is 2. The smallest absolute Gasteiger partial charge is 0.126 e. The normalized spacial score (nSPS) is 35.1. The van der Waals surface area contributed by atoms with Crippen LogP contribution in [0.2, 0.25) is 0 Å². The third kappa shape index (κ3) is 1.82. The number of hydrogen-bond donors (Lipinski definition) is 1. The maximum absolute atomic E-state index is 8.81. The molecule has 1 heterocycles. The molecule has 2 aliphatic carbocycles. The summed E-state index contributed by atoms with van der Waals surface area (Å²) in [5.41, 5.74) is 1.33. The van der Waals surface area contributed by atoms with Crippen LogP contribution in [0.1, 0.15) is 45.6 Å². The lowest BCUT2D eigenvalue weighted by molar-refractivity contribution is 0.155. The summed E-state index contributed by atoms with van der Waals surface area (Å²) in [5, 5.41) is 12.4. The first-order valence-electron chi connectivity index (χ1n) is 7.08. The summed E-state index contributed by atoms with van der Waals surface area (Å²) in [6.07, 6.45) is 5.65. The SMILES string of the molecule is CC12CCC(C1)C(C)(C)C2Nc1ccc(C#N)cn1. The predicted molar refractivity (Wildman–Crippen MR) is 75.6 cm³/mol. The highest BCUT2D eigenvalue weighted by Gasteiger charge is 2.59. The third-order valence-electron chi connectivity index (χ3n) is 5.45. The molecule has 0 spiro atoms. The first-order chi connectivity index (χ1) is 8.95. The molecule has 1 aromatic rings. The van der Waals surface area contributed by atoms with Gasteiger partial charge in [-0.25, -0.2) is 4.98 Å². The number of nitrogens with one attached hydrogen (secondary N) is 1. The molecule has 2 saturated carbocycles. The first kappa shape index (κ1) is 12.5. The van der Waals surface area contributed by atoms with E-state index >= 15 is 0 Å². The van der Waals surface area contributed by atoms with Crippen LogP contribution in [0.5, 0.6) is 0 Å². The molecule has 100 valence electrons. The molecule has 3 nitrogen and oxygen atoms in total. The van der Waals surface area contributed by atoms with Crippen molar-refractivity contribution in [3.8, 4) is 6.07 Å². The Bertz CT molecular complexity index is 521. The quantitative estimate of drug-likeness (QED) is 0.878. The van der Waals surface area contributed by atoms with Crippen molar-refractivity contribution in [1.82, 2.24) is 4.98 Å². The summed E-state index contributed by atoms with van der Waals surface area (Å²) in [5.74, 6) is 1.72. The number of rotatable bonds is 2. The molecule has 0 saturated heterocycles. The van der Waals surface area contributed by atoms with Gasteiger partial charge in [-0.05, 0) is 48.1 Å². The predicted octanol–water partition coefficient (Wildman–Crippen LogP) is 3.58. The van der Waals surface area contributed by atoms with Crippen molar-refractivity contribution >= 4 is 5.82 Å². The van der Waals surface area contributed by atoms with Gasteiger partial charge >= 0.3 is 0 Å². The third-order valence-corrected chi connectivity index (χ3v) is 5.45. The fourth-order valence-corrected chi connectivity index (χ4v) is 4.36. The molecule has 3 rings (SSSR count). The van der Waals surface area contributed by atoms with Gasteiger partial charge in [0.25, 0.3) is 0 Å². The Labute approximate surface area is 115 Å². The number of nitriles is 1. The lowest BCUT2D eigenvalue weighted by atomic mass is 9.68. The van der Waals surface area contributed by atoms with E-state index in [1.165, 1.54) is 19.3 Å². The minimum atomic E-state index is 0.322. The zero-order chi connectivity index (χ0) is 13.7. The Hall–Kier alpha value is -1.56. The zero-order valence-electron chi connectivity index (χ0n) is 11.9. The number of fused-ring (bicyclic) bond motifs is 2. The van der Waals surface area contributed by atoms with Crippen LogP contribution in [0.15, 0.2) is 18.3 Å². The molecule has 0 radical (unpaired) electrons. The Morgan fingerprint density at radius 2 is 2.16 bits per heavy atom. The summed E-state index contributed by atoms with van der Waals surface area (Å²) in [6.45, 7) is 7.16. The standard InChI is InChI=1S/C16H21N3/c1-15(2)12-6-7-16(3,8-12)14(15)19-13-5-4-11(9-17)10-18-13/h4-5,10,12,14H,6-8H2,1-3H3,(H,18,19). The molecule has 3 unspecified atom stereocenters. The van der Waals surface area contributed by atoms with Gasteiger partial charge in [0.1, 0.15) is 11.9 Å². The van der Waals surface area contributed by atoms with Crippen LogP contribution < -0.4 is 5.32 Å². The van der Waals surface area contributed by atoms with E-state index in [9.17, 15) is 0 Å². The molecule has 19 heavy (non-hydrogen) atoms. The maximum atomic E-state index is 8.81. The van der Waals surface area contributed by atoms with Gasteiger partial charge in [0.05, 0.1) is 5.56 Å². The molecular weight excluding hydrogens is 234 g/mol. The largest absolute Gasteiger partial charge is 0.366 e. The number of hydrogen-bond acceptors (Lipinski definition) is 3. The van der Waals surface area contributed by atoms with Crippen LogP contribution in [0.3, 0.4) is 0 Å². The number of pyridine rings is 1. The first-order valence-corrected chi connectivity index (χ1v) is 7.08. The van der Waals surface area contributed by atoms with Crippen LogP contribution >= 0.6 is 0 Å². The van der Waals surface area contributed by atoms with Crippen molar-refractivity contribution in [2.24, 2.45) is 16.7 Å². The van der Waals surface area contributed by atoms with Crippen molar-refractivity contribution < 1.29 is 0 Å². The van der Waals surface area contributed by atoms with Crippen molar-refractivity contribution in [3.63, 3.8) is 0 Å². The van der Waals surface area contributed by atoms with Gasteiger partial charge in [0.15, 0.2) is 0 Å². The summed E-state index contributed by atoms with van der Waals surface area (Å²) in [7, 11) is 0. The van der Waals surface area contributed by atoms with E-state index in [4.69, 9.17) is 5.26 Å².